The lowest BCUT2D eigenvalue weighted by molar-refractivity contribution is 0.0707. The van der Waals surface area contributed by atoms with Gasteiger partial charge in [0.1, 0.15) is 10.7 Å². The molecule has 0 spiro atoms. The van der Waals surface area contributed by atoms with E-state index < -0.39 is 10.0 Å². The Morgan fingerprint density at radius 1 is 1.45 bits per heavy atom. The summed E-state index contributed by atoms with van der Waals surface area (Å²) < 4.78 is 27.9. The fourth-order valence-corrected chi connectivity index (χ4v) is 2.58. The average molecular weight is 302 g/mol. The molecule has 6 nitrogen and oxygen atoms in total. The van der Waals surface area contributed by atoms with E-state index in [0.29, 0.717) is 19.0 Å². The lowest BCUT2D eigenvalue weighted by Crippen LogP contribution is -2.34. The molecule has 20 heavy (non-hydrogen) atoms. The summed E-state index contributed by atoms with van der Waals surface area (Å²) in [5.41, 5.74) is 0. The number of hydrogen-bond donors (Lipinski definition) is 1. The van der Waals surface area contributed by atoms with Gasteiger partial charge in [-0.25, -0.2) is 13.6 Å². The minimum atomic E-state index is -3.87. The van der Waals surface area contributed by atoms with E-state index >= 15 is 0 Å². The molecule has 0 saturated carbocycles. The van der Waals surface area contributed by atoms with Gasteiger partial charge in [-0.05, 0) is 19.8 Å². The van der Waals surface area contributed by atoms with Gasteiger partial charge in [0.2, 0.25) is 10.0 Å². The van der Waals surface area contributed by atoms with Gasteiger partial charge in [0, 0.05) is 19.2 Å². The van der Waals surface area contributed by atoms with Gasteiger partial charge in [0.05, 0.1) is 0 Å². The number of sulfonamides is 1. The van der Waals surface area contributed by atoms with Crippen molar-refractivity contribution in [2.45, 2.75) is 39.0 Å². The largest absolute Gasteiger partial charge is 0.455 e. The molecular formula is C13H22N2O4S. The monoisotopic (exact) mass is 302 g/mol. The van der Waals surface area contributed by atoms with E-state index in [1.165, 1.54) is 13.0 Å². The second-order valence-corrected chi connectivity index (χ2v) is 6.46. The van der Waals surface area contributed by atoms with Crippen molar-refractivity contribution in [1.82, 2.24) is 4.90 Å². The Morgan fingerprint density at radius 2 is 2.05 bits per heavy atom. The van der Waals surface area contributed by atoms with Crippen LogP contribution in [0.25, 0.3) is 0 Å². The molecule has 7 heteroatoms. The van der Waals surface area contributed by atoms with Crippen molar-refractivity contribution in [2.75, 3.05) is 13.1 Å². The molecule has 1 heterocycles. The molecule has 0 aliphatic heterocycles. The summed E-state index contributed by atoms with van der Waals surface area (Å²) >= 11 is 0. The topological polar surface area (TPSA) is 93.6 Å². The lowest BCUT2D eigenvalue weighted by atomic mass is 10.1. The molecule has 114 valence electrons. The number of aryl methyl sites for hydroxylation is 1. The minimum Gasteiger partial charge on any atom is -0.455 e. The normalized spacial score (nSPS) is 13.2. The van der Waals surface area contributed by atoms with Crippen LogP contribution in [0, 0.1) is 12.8 Å². The lowest BCUT2D eigenvalue weighted by Gasteiger charge is -2.22. The van der Waals surface area contributed by atoms with Crippen molar-refractivity contribution in [2.24, 2.45) is 11.1 Å². The molecule has 1 rings (SSSR count). The summed E-state index contributed by atoms with van der Waals surface area (Å²) in [6.45, 7) is 8.60. The van der Waals surface area contributed by atoms with Gasteiger partial charge in [0.25, 0.3) is 5.91 Å². The highest BCUT2D eigenvalue weighted by Gasteiger charge is 2.24. The highest BCUT2D eigenvalue weighted by Crippen LogP contribution is 2.20. The molecule has 1 unspecified atom stereocenters. The molecular weight excluding hydrogens is 280 g/mol. The predicted octanol–water partition coefficient (Wildman–Crippen LogP) is 1.74. The summed E-state index contributed by atoms with van der Waals surface area (Å²) in [6, 6.07) is 1.20. The molecule has 0 radical (unpaired) electrons. The van der Waals surface area contributed by atoms with Gasteiger partial charge in [-0.2, -0.15) is 0 Å². The molecule has 1 atom stereocenters. The molecule has 0 aromatic carbocycles. The van der Waals surface area contributed by atoms with Crippen LogP contribution < -0.4 is 5.14 Å². The molecule has 0 saturated heterocycles. The zero-order chi connectivity index (χ0) is 15.5. The second kappa shape index (κ2) is 6.41. The summed E-state index contributed by atoms with van der Waals surface area (Å²) in [5, 5.41) is 5.07. The fraction of sp³-hybridized carbons (Fsp3) is 0.615. The second-order valence-electron chi connectivity index (χ2n) is 4.93. The standard InChI is InChI=1S/C13H22N2O4S/c1-5-9(3)8-15(6-2)13(16)11-7-12(10(4)19-11)20(14,17)18/h7,9H,5-6,8H2,1-4H3,(H2,14,17,18). The quantitative estimate of drug-likeness (QED) is 0.866. The highest BCUT2D eigenvalue weighted by molar-refractivity contribution is 7.89. The molecule has 0 aliphatic rings. The molecule has 0 bridgehead atoms. The third-order valence-electron chi connectivity index (χ3n) is 3.29. The number of amides is 1. The van der Waals surface area contributed by atoms with Crippen LogP contribution in [-0.2, 0) is 10.0 Å². The average Bonchev–Trinajstić information content (AvgIpc) is 2.76. The van der Waals surface area contributed by atoms with Crippen molar-refractivity contribution in [1.29, 1.82) is 0 Å². The van der Waals surface area contributed by atoms with Gasteiger partial charge in [0.15, 0.2) is 5.76 Å². The maximum atomic E-state index is 12.3. The van der Waals surface area contributed by atoms with Crippen molar-refractivity contribution >= 4 is 15.9 Å². The Labute approximate surface area is 120 Å². The molecule has 0 aliphatic carbocycles. The van der Waals surface area contributed by atoms with Gasteiger partial charge in [-0.3, -0.25) is 4.79 Å². The van der Waals surface area contributed by atoms with Crippen molar-refractivity contribution in [3.05, 3.63) is 17.6 Å². The van der Waals surface area contributed by atoms with Crippen molar-refractivity contribution in [3.63, 3.8) is 0 Å². The van der Waals surface area contributed by atoms with Gasteiger partial charge >= 0.3 is 0 Å². The zero-order valence-electron chi connectivity index (χ0n) is 12.3. The van der Waals surface area contributed by atoms with Gasteiger partial charge in [-0.15, -0.1) is 0 Å². The van der Waals surface area contributed by atoms with E-state index in [9.17, 15) is 13.2 Å². The first-order chi connectivity index (χ1) is 9.20. The maximum Gasteiger partial charge on any atom is 0.289 e. The molecule has 1 aromatic rings. The number of primary sulfonamides is 1. The molecule has 0 fully saturated rings. The number of carbonyl (C=O) groups is 1. The third-order valence-corrected chi connectivity index (χ3v) is 4.31. The van der Waals surface area contributed by atoms with Crippen molar-refractivity contribution < 1.29 is 17.6 Å². The van der Waals surface area contributed by atoms with Gasteiger partial charge < -0.3 is 9.32 Å². The van der Waals surface area contributed by atoms with E-state index in [4.69, 9.17) is 9.56 Å². The van der Waals surface area contributed by atoms with Crippen LogP contribution in [-0.4, -0.2) is 32.3 Å². The number of rotatable bonds is 6. The maximum absolute atomic E-state index is 12.3. The Balaban J connectivity index is 3.02. The Hall–Kier alpha value is -1.34. The summed E-state index contributed by atoms with van der Waals surface area (Å²) in [6.07, 6.45) is 0.962. The minimum absolute atomic E-state index is 0.0108. The van der Waals surface area contributed by atoms with Crippen LogP contribution in [0.15, 0.2) is 15.4 Å². The number of hydrogen-bond acceptors (Lipinski definition) is 4. The van der Waals surface area contributed by atoms with Crippen LogP contribution in [0.4, 0.5) is 0 Å². The first-order valence-corrected chi connectivity index (χ1v) is 8.17. The molecule has 1 aromatic heterocycles. The molecule has 2 N–H and O–H groups in total. The first kappa shape index (κ1) is 16.7. The number of nitrogens with two attached hydrogens (primary N) is 1. The van der Waals surface area contributed by atoms with Crippen LogP contribution in [0.2, 0.25) is 0 Å². The number of nitrogens with zero attached hydrogens (tertiary/aromatic N) is 1. The highest BCUT2D eigenvalue weighted by atomic mass is 32.2. The number of furan rings is 1. The van der Waals surface area contributed by atoms with Gasteiger partial charge in [-0.1, -0.05) is 20.3 Å². The SMILES string of the molecule is CCC(C)CN(CC)C(=O)c1cc(S(N)(=O)=O)c(C)o1. The number of carbonyl (C=O) groups excluding carboxylic acids is 1. The van der Waals surface area contributed by atoms with Crippen LogP contribution in [0.5, 0.6) is 0 Å². The summed E-state index contributed by atoms with van der Waals surface area (Å²) in [5.74, 6) is 0.200. The van der Waals surface area contributed by atoms with Crippen molar-refractivity contribution in [3.8, 4) is 0 Å². The zero-order valence-corrected chi connectivity index (χ0v) is 13.2. The Morgan fingerprint density at radius 3 is 2.45 bits per heavy atom. The third kappa shape index (κ3) is 3.83. The molecule has 1 amide bonds. The summed E-state index contributed by atoms with van der Waals surface area (Å²) in [4.78, 5) is 13.8. The van der Waals surface area contributed by atoms with E-state index in [1.54, 1.807) is 4.90 Å². The van der Waals surface area contributed by atoms with Crippen LogP contribution >= 0.6 is 0 Å². The van der Waals surface area contributed by atoms with Crippen LogP contribution in [0.3, 0.4) is 0 Å². The first-order valence-electron chi connectivity index (χ1n) is 6.63. The smallest absolute Gasteiger partial charge is 0.289 e. The van der Waals surface area contributed by atoms with E-state index in [1.807, 2.05) is 6.92 Å². The fourth-order valence-electron chi connectivity index (χ4n) is 1.87. The van der Waals surface area contributed by atoms with E-state index in [0.717, 1.165) is 6.42 Å². The van der Waals surface area contributed by atoms with E-state index in [2.05, 4.69) is 13.8 Å². The predicted molar refractivity (Wildman–Crippen MR) is 75.9 cm³/mol. The summed E-state index contributed by atoms with van der Waals surface area (Å²) in [7, 11) is -3.87. The van der Waals surface area contributed by atoms with Crippen LogP contribution in [0.1, 0.15) is 43.5 Å². The Bertz CT molecular complexity index is 577. The van der Waals surface area contributed by atoms with E-state index in [-0.39, 0.29) is 22.3 Å². The Kier molecular flexibility index (Phi) is 5.35.